The molecule has 0 aliphatic carbocycles. The fourth-order valence-corrected chi connectivity index (χ4v) is 3.03. The number of carbonyl (C=O) groups excluding carboxylic acids is 1. The molecule has 1 heterocycles. The Morgan fingerprint density at radius 1 is 1.13 bits per heavy atom. The number of hydrogen-bond donors (Lipinski definition) is 2. The molecule has 0 bridgehead atoms. The minimum absolute atomic E-state index is 0.144. The van der Waals surface area contributed by atoms with Crippen molar-refractivity contribution in [2.24, 2.45) is 0 Å². The van der Waals surface area contributed by atoms with Gasteiger partial charge in [-0.25, -0.2) is 18.2 Å². The maximum Gasteiger partial charge on any atom is 0.258 e. The molecule has 1 amide bonds. The number of amides is 1. The Morgan fingerprint density at radius 3 is 2.67 bits per heavy atom. The summed E-state index contributed by atoms with van der Waals surface area (Å²) in [4.78, 5) is 33.5. The van der Waals surface area contributed by atoms with E-state index in [2.05, 4.69) is 15.3 Å². The van der Waals surface area contributed by atoms with Gasteiger partial charge in [0.25, 0.3) is 5.56 Å². The van der Waals surface area contributed by atoms with Gasteiger partial charge in [0.15, 0.2) is 17.5 Å². The molecule has 2 aromatic carbocycles. The number of H-pyrrole nitrogens is 1. The number of aromatic nitrogens is 2. The van der Waals surface area contributed by atoms with Crippen molar-refractivity contribution in [1.29, 1.82) is 0 Å². The number of unbranched alkanes of at least 4 members (excludes halogenated alkanes) is 1. The van der Waals surface area contributed by atoms with Crippen molar-refractivity contribution in [2.75, 3.05) is 18.4 Å². The van der Waals surface area contributed by atoms with Gasteiger partial charge in [0.2, 0.25) is 5.91 Å². The molecule has 3 rings (SSSR count). The second-order valence-electron chi connectivity index (χ2n) is 6.87. The number of halogens is 3. The molecular formula is C21H21F3N4O2. The highest BCUT2D eigenvalue weighted by Gasteiger charge is 2.18. The van der Waals surface area contributed by atoms with Gasteiger partial charge < -0.3 is 10.3 Å². The summed E-state index contributed by atoms with van der Waals surface area (Å²) >= 11 is 0. The number of aromatic amines is 1. The highest BCUT2D eigenvalue weighted by atomic mass is 19.2. The van der Waals surface area contributed by atoms with E-state index in [4.69, 9.17) is 0 Å². The lowest BCUT2D eigenvalue weighted by atomic mass is 10.2. The zero-order chi connectivity index (χ0) is 21.7. The van der Waals surface area contributed by atoms with Gasteiger partial charge in [0, 0.05) is 0 Å². The molecule has 3 aromatic rings. The first-order valence-electron chi connectivity index (χ1n) is 9.52. The summed E-state index contributed by atoms with van der Waals surface area (Å²) in [5.41, 5.74) is -0.175. The van der Waals surface area contributed by atoms with Gasteiger partial charge in [-0.1, -0.05) is 25.5 Å². The summed E-state index contributed by atoms with van der Waals surface area (Å²) in [5.74, 6) is -4.64. The van der Waals surface area contributed by atoms with E-state index in [1.165, 1.54) is 0 Å². The zero-order valence-electron chi connectivity index (χ0n) is 16.3. The maximum atomic E-state index is 13.8. The molecule has 0 radical (unpaired) electrons. The molecule has 9 heteroatoms. The van der Waals surface area contributed by atoms with Gasteiger partial charge in [0.1, 0.15) is 5.82 Å². The van der Waals surface area contributed by atoms with Crippen LogP contribution in [-0.4, -0.2) is 33.9 Å². The van der Waals surface area contributed by atoms with Crippen LogP contribution in [0.1, 0.15) is 25.6 Å². The van der Waals surface area contributed by atoms with Crippen LogP contribution in [0, 0.1) is 17.5 Å². The van der Waals surface area contributed by atoms with Crippen molar-refractivity contribution in [3.63, 3.8) is 0 Å². The molecule has 0 saturated heterocycles. The smallest absolute Gasteiger partial charge is 0.258 e. The van der Waals surface area contributed by atoms with Gasteiger partial charge in [-0.05, 0) is 37.2 Å². The topological polar surface area (TPSA) is 78.1 Å². The molecule has 0 fully saturated rings. The van der Waals surface area contributed by atoms with Gasteiger partial charge in [-0.15, -0.1) is 0 Å². The highest BCUT2D eigenvalue weighted by molar-refractivity contribution is 5.92. The third kappa shape index (κ3) is 5.04. The first-order chi connectivity index (χ1) is 14.4. The summed E-state index contributed by atoms with van der Waals surface area (Å²) in [6, 6.07) is 8.62. The summed E-state index contributed by atoms with van der Waals surface area (Å²) in [5, 5.41) is 2.72. The second-order valence-corrected chi connectivity index (χ2v) is 6.87. The van der Waals surface area contributed by atoms with Crippen molar-refractivity contribution in [3.8, 4) is 0 Å². The lowest BCUT2D eigenvalue weighted by Gasteiger charge is -2.21. The number of para-hydroxylation sites is 1. The minimum atomic E-state index is -1.64. The minimum Gasteiger partial charge on any atom is -0.322 e. The monoisotopic (exact) mass is 418 g/mol. The summed E-state index contributed by atoms with van der Waals surface area (Å²) in [6.45, 7) is 2.56. The van der Waals surface area contributed by atoms with Crippen molar-refractivity contribution >= 4 is 22.5 Å². The molecule has 0 atom stereocenters. The van der Waals surface area contributed by atoms with Crippen molar-refractivity contribution < 1.29 is 18.0 Å². The number of anilines is 1. The molecule has 0 aliphatic heterocycles. The molecule has 2 N–H and O–H groups in total. The van der Waals surface area contributed by atoms with E-state index in [1.54, 1.807) is 29.2 Å². The van der Waals surface area contributed by atoms with Gasteiger partial charge in [-0.2, -0.15) is 0 Å². The van der Waals surface area contributed by atoms with Crippen molar-refractivity contribution in [2.45, 2.75) is 26.3 Å². The largest absolute Gasteiger partial charge is 0.322 e. The SMILES string of the molecule is CCCCN(CC(=O)Nc1ccc(F)c(F)c1F)Cc1nc2ccccc2c(=O)[nH]1. The molecule has 0 aliphatic rings. The van der Waals surface area contributed by atoms with Gasteiger partial charge in [-0.3, -0.25) is 14.5 Å². The van der Waals surface area contributed by atoms with Crippen molar-refractivity contribution in [3.05, 3.63) is 70.0 Å². The van der Waals surface area contributed by atoms with Crippen LogP contribution < -0.4 is 10.9 Å². The molecule has 0 spiro atoms. The maximum absolute atomic E-state index is 13.8. The fraction of sp³-hybridized carbons (Fsp3) is 0.286. The Labute approximate surface area is 170 Å². The van der Waals surface area contributed by atoms with E-state index in [9.17, 15) is 22.8 Å². The van der Waals surface area contributed by atoms with Crippen LogP contribution in [0.2, 0.25) is 0 Å². The third-order valence-corrected chi connectivity index (χ3v) is 4.54. The number of carbonyl (C=O) groups is 1. The van der Waals surface area contributed by atoms with Crippen LogP contribution in [0.15, 0.2) is 41.2 Å². The summed E-state index contributed by atoms with van der Waals surface area (Å²) in [6.07, 6.45) is 1.65. The highest BCUT2D eigenvalue weighted by Crippen LogP contribution is 2.19. The summed E-state index contributed by atoms with van der Waals surface area (Å²) in [7, 11) is 0. The quantitative estimate of drug-likeness (QED) is 0.548. The van der Waals surface area contributed by atoms with Crippen LogP contribution in [0.25, 0.3) is 10.9 Å². The first kappa shape index (κ1) is 21.5. The van der Waals surface area contributed by atoms with Crippen LogP contribution in [0.5, 0.6) is 0 Å². The fourth-order valence-electron chi connectivity index (χ4n) is 3.03. The summed E-state index contributed by atoms with van der Waals surface area (Å²) < 4.78 is 40.2. The predicted molar refractivity (Wildman–Crippen MR) is 107 cm³/mol. The lowest BCUT2D eigenvalue weighted by Crippen LogP contribution is -2.35. The lowest BCUT2D eigenvalue weighted by molar-refractivity contribution is -0.117. The van der Waals surface area contributed by atoms with Crippen LogP contribution in [-0.2, 0) is 11.3 Å². The number of rotatable bonds is 8. The van der Waals surface area contributed by atoms with E-state index in [-0.39, 0.29) is 18.6 Å². The number of hydrogen-bond acceptors (Lipinski definition) is 4. The number of nitrogens with one attached hydrogen (secondary N) is 2. The average Bonchev–Trinajstić information content (AvgIpc) is 2.72. The second kappa shape index (κ2) is 9.53. The van der Waals surface area contributed by atoms with Crippen LogP contribution >= 0.6 is 0 Å². The average molecular weight is 418 g/mol. The third-order valence-electron chi connectivity index (χ3n) is 4.54. The first-order valence-corrected chi connectivity index (χ1v) is 9.52. The van der Waals surface area contributed by atoms with Crippen LogP contribution in [0.3, 0.4) is 0 Å². The van der Waals surface area contributed by atoms with E-state index in [0.717, 1.165) is 25.0 Å². The van der Waals surface area contributed by atoms with Crippen LogP contribution in [0.4, 0.5) is 18.9 Å². The Balaban J connectivity index is 1.75. The number of nitrogens with zero attached hydrogens (tertiary/aromatic N) is 2. The molecule has 30 heavy (non-hydrogen) atoms. The molecular weight excluding hydrogens is 397 g/mol. The number of fused-ring (bicyclic) bond motifs is 1. The number of benzene rings is 2. The molecule has 1 aromatic heterocycles. The van der Waals surface area contributed by atoms with E-state index < -0.39 is 29.0 Å². The molecule has 158 valence electrons. The van der Waals surface area contributed by atoms with E-state index >= 15 is 0 Å². The Morgan fingerprint density at radius 2 is 1.90 bits per heavy atom. The van der Waals surface area contributed by atoms with Gasteiger partial charge >= 0.3 is 0 Å². The Bertz CT molecular complexity index is 1120. The molecule has 6 nitrogen and oxygen atoms in total. The molecule has 0 saturated carbocycles. The standard InChI is InChI=1S/C21H21F3N4O2/c1-2-3-10-28(11-17-25-15-7-5-4-6-13(15)21(30)27-17)12-18(29)26-16-9-8-14(22)19(23)20(16)24/h4-9H,2-3,10-12H2,1H3,(H,26,29)(H,25,27,30). The van der Waals surface area contributed by atoms with Crippen molar-refractivity contribution in [1.82, 2.24) is 14.9 Å². The normalized spacial score (nSPS) is 11.2. The molecule has 0 unspecified atom stereocenters. The predicted octanol–water partition coefficient (Wildman–Crippen LogP) is 3.58. The zero-order valence-corrected chi connectivity index (χ0v) is 16.3. The van der Waals surface area contributed by atoms with Gasteiger partial charge in [0.05, 0.1) is 29.7 Å². The van der Waals surface area contributed by atoms with E-state index in [0.29, 0.717) is 23.3 Å². The Hall–Kier alpha value is -3.20. The Kier molecular flexibility index (Phi) is 6.83. The van der Waals surface area contributed by atoms with E-state index in [1.807, 2.05) is 6.92 Å².